The van der Waals surface area contributed by atoms with E-state index in [-0.39, 0.29) is 0 Å². The molecule has 0 spiro atoms. The Hall–Kier alpha value is -1.88. The van der Waals surface area contributed by atoms with Crippen molar-refractivity contribution in [1.82, 2.24) is 5.32 Å². The fourth-order valence-electron chi connectivity index (χ4n) is 2.54. The van der Waals surface area contributed by atoms with Crippen molar-refractivity contribution in [2.45, 2.75) is 19.3 Å². The molecule has 1 aliphatic heterocycles. The molecule has 1 heterocycles. The molecule has 0 unspecified atom stereocenters. The maximum Gasteiger partial charge on any atom is 0.412 e. The van der Waals surface area contributed by atoms with Crippen LogP contribution in [0.3, 0.4) is 0 Å². The van der Waals surface area contributed by atoms with Gasteiger partial charge >= 0.3 is 12.1 Å². The molecule has 19 heavy (non-hydrogen) atoms. The molecule has 0 atom stereocenters. The molecule has 102 valence electrons. The van der Waals surface area contributed by atoms with Gasteiger partial charge in [-0.15, -0.1) is 0 Å². The van der Waals surface area contributed by atoms with E-state index in [4.69, 9.17) is 5.73 Å². The summed E-state index contributed by atoms with van der Waals surface area (Å²) in [6.07, 6.45) is 0.833. The minimum atomic E-state index is -1.03. The first-order chi connectivity index (χ1) is 9.12. The van der Waals surface area contributed by atoms with Crippen molar-refractivity contribution in [3.8, 4) is 0 Å². The second kappa shape index (κ2) is 5.84. The van der Waals surface area contributed by atoms with Gasteiger partial charge in [-0.2, -0.15) is 0 Å². The second-order valence-electron chi connectivity index (χ2n) is 4.90. The summed E-state index contributed by atoms with van der Waals surface area (Å²) in [5.74, 6) is -0.509. The van der Waals surface area contributed by atoms with Crippen molar-refractivity contribution in [3.63, 3.8) is 0 Å². The van der Waals surface area contributed by atoms with Crippen LogP contribution >= 0.6 is 0 Å². The van der Waals surface area contributed by atoms with Crippen LogP contribution in [0.1, 0.15) is 18.4 Å². The minimum absolute atomic E-state index is 0.509. The predicted octanol–water partition coefficient (Wildman–Crippen LogP) is 1.22. The third kappa shape index (κ3) is 3.32. The van der Waals surface area contributed by atoms with Crippen LogP contribution in [0.25, 0.3) is 0 Å². The van der Waals surface area contributed by atoms with Gasteiger partial charge in [0.25, 0.3) is 0 Å². The fourth-order valence-corrected chi connectivity index (χ4v) is 2.54. The number of carbonyl (C=O) groups excluding carboxylic acids is 2. The molecule has 2 rings (SSSR count). The first-order valence-electron chi connectivity index (χ1n) is 6.39. The Morgan fingerprint density at radius 3 is 2.42 bits per heavy atom. The molecule has 1 fully saturated rings. The van der Waals surface area contributed by atoms with E-state index in [1.807, 2.05) is 30.3 Å². The van der Waals surface area contributed by atoms with Gasteiger partial charge in [-0.1, -0.05) is 30.3 Å². The molecule has 1 amide bonds. The standard InChI is InChI=1S/C14H18N2O3/c15-13(18)19-12(17)14(6-8-16-9-7-14)10-11-4-2-1-3-5-11/h1-5,16H,6-10H2,(H2,15,18). The van der Waals surface area contributed by atoms with Crippen molar-refractivity contribution in [2.75, 3.05) is 13.1 Å². The average molecular weight is 262 g/mol. The van der Waals surface area contributed by atoms with E-state index in [2.05, 4.69) is 10.1 Å². The highest BCUT2D eigenvalue weighted by atomic mass is 16.6. The maximum absolute atomic E-state index is 12.2. The van der Waals surface area contributed by atoms with Crippen LogP contribution in [-0.4, -0.2) is 25.2 Å². The normalized spacial score (nSPS) is 17.7. The highest BCUT2D eigenvalue weighted by molar-refractivity contribution is 5.87. The minimum Gasteiger partial charge on any atom is -0.376 e. The van der Waals surface area contributed by atoms with E-state index in [9.17, 15) is 9.59 Å². The lowest BCUT2D eigenvalue weighted by atomic mass is 9.74. The van der Waals surface area contributed by atoms with E-state index in [1.54, 1.807) is 0 Å². The summed E-state index contributed by atoms with van der Waals surface area (Å²) in [6.45, 7) is 1.47. The first-order valence-corrected chi connectivity index (χ1v) is 6.39. The monoisotopic (exact) mass is 262 g/mol. The largest absolute Gasteiger partial charge is 0.412 e. The molecule has 0 bridgehead atoms. The van der Waals surface area contributed by atoms with E-state index < -0.39 is 17.5 Å². The zero-order valence-electron chi connectivity index (χ0n) is 10.7. The van der Waals surface area contributed by atoms with Crippen LogP contribution in [0.2, 0.25) is 0 Å². The van der Waals surface area contributed by atoms with Crippen LogP contribution in [0.15, 0.2) is 30.3 Å². The Morgan fingerprint density at radius 1 is 1.21 bits per heavy atom. The Kier molecular flexibility index (Phi) is 4.16. The number of nitrogens with two attached hydrogens (primary N) is 1. The lowest BCUT2D eigenvalue weighted by Crippen LogP contribution is -2.45. The molecule has 1 aliphatic rings. The fraction of sp³-hybridized carbons (Fsp3) is 0.429. The molecule has 5 heteroatoms. The summed E-state index contributed by atoms with van der Waals surface area (Å²) in [7, 11) is 0. The topological polar surface area (TPSA) is 81.4 Å². The Morgan fingerprint density at radius 2 is 1.84 bits per heavy atom. The summed E-state index contributed by atoms with van der Waals surface area (Å²) in [5, 5.41) is 3.21. The van der Waals surface area contributed by atoms with Crippen LogP contribution in [0, 0.1) is 5.41 Å². The zero-order chi connectivity index (χ0) is 13.7. The zero-order valence-corrected chi connectivity index (χ0v) is 10.7. The van der Waals surface area contributed by atoms with Gasteiger partial charge < -0.3 is 15.8 Å². The maximum atomic E-state index is 12.2. The van der Waals surface area contributed by atoms with E-state index in [0.717, 1.165) is 18.7 Å². The van der Waals surface area contributed by atoms with E-state index in [1.165, 1.54) is 0 Å². The Balaban J connectivity index is 2.19. The van der Waals surface area contributed by atoms with Crippen LogP contribution in [0.4, 0.5) is 4.79 Å². The van der Waals surface area contributed by atoms with Crippen molar-refractivity contribution in [1.29, 1.82) is 0 Å². The molecular formula is C14H18N2O3. The van der Waals surface area contributed by atoms with E-state index >= 15 is 0 Å². The molecule has 0 saturated carbocycles. The molecule has 1 aromatic rings. The van der Waals surface area contributed by atoms with Gasteiger partial charge in [0, 0.05) is 0 Å². The third-order valence-corrected chi connectivity index (χ3v) is 3.57. The molecule has 5 nitrogen and oxygen atoms in total. The summed E-state index contributed by atoms with van der Waals surface area (Å²) >= 11 is 0. The van der Waals surface area contributed by atoms with Gasteiger partial charge in [-0.25, -0.2) is 4.79 Å². The molecular weight excluding hydrogens is 244 g/mol. The number of hydrogen-bond acceptors (Lipinski definition) is 4. The highest BCUT2D eigenvalue weighted by Gasteiger charge is 2.41. The SMILES string of the molecule is NC(=O)OC(=O)C1(Cc2ccccc2)CCNCC1. The molecule has 0 aliphatic carbocycles. The van der Waals surface area contributed by atoms with Gasteiger partial charge in [-0.3, -0.25) is 4.79 Å². The smallest absolute Gasteiger partial charge is 0.376 e. The number of hydrogen-bond donors (Lipinski definition) is 2. The molecule has 1 aromatic carbocycles. The number of rotatable bonds is 3. The van der Waals surface area contributed by atoms with Gasteiger partial charge in [0.1, 0.15) is 0 Å². The summed E-state index contributed by atoms with van der Waals surface area (Å²) < 4.78 is 4.64. The Bertz CT molecular complexity index is 453. The molecule has 0 radical (unpaired) electrons. The number of piperidine rings is 1. The summed E-state index contributed by atoms with van der Waals surface area (Å²) in [6, 6.07) is 9.75. The summed E-state index contributed by atoms with van der Waals surface area (Å²) in [4.78, 5) is 23.0. The number of ether oxygens (including phenoxy) is 1. The van der Waals surface area contributed by atoms with Crippen molar-refractivity contribution >= 4 is 12.1 Å². The van der Waals surface area contributed by atoms with E-state index in [0.29, 0.717) is 19.3 Å². The van der Waals surface area contributed by atoms with Gasteiger partial charge in [0.05, 0.1) is 5.41 Å². The number of esters is 1. The van der Waals surface area contributed by atoms with Gasteiger partial charge in [0.2, 0.25) is 0 Å². The second-order valence-corrected chi connectivity index (χ2v) is 4.90. The Labute approximate surface area is 112 Å². The van der Waals surface area contributed by atoms with Gasteiger partial charge in [-0.05, 0) is 37.9 Å². The van der Waals surface area contributed by atoms with Crippen molar-refractivity contribution in [3.05, 3.63) is 35.9 Å². The number of nitrogens with one attached hydrogen (secondary N) is 1. The number of carbonyl (C=O) groups is 2. The third-order valence-electron chi connectivity index (χ3n) is 3.57. The van der Waals surface area contributed by atoms with Crippen molar-refractivity contribution in [2.24, 2.45) is 11.1 Å². The molecule has 1 saturated heterocycles. The van der Waals surface area contributed by atoms with Crippen LogP contribution in [0.5, 0.6) is 0 Å². The van der Waals surface area contributed by atoms with Gasteiger partial charge in [0.15, 0.2) is 0 Å². The van der Waals surface area contributed by atoms with Crippen molar-refractivity contribution < 1.29 is 14.3 Å². The molecule has 3 N–H and O–H groups in total. The lowest BCUT2D eigenvalue weighted by Gasteiger charge is -2.34. The number of benzene rings is 1. The highest BCUT2D eigenvalue weighted by Crippen LogP contribution is 2.34. The molecule has 0 aromatic heterocycles. The summed E-state index contributed by atoms with van der Waals surface area (Å²) in [5.41, 5.74) is 5.36. The van der Waals surface area contributed by atoms with Crippen LogP contribution in [-0.2, 0) is 16.0 Å². The average Bonchev–Trinajstić information content (AvgIpc) is 2.40. The van der Waals surface area contributed by atoms with Crippen LogP contribution < -0.4 is 11.1 Å². The lowest BCUT2D eigenvalue weighted by molar-refractivity contribution is -0.150. The predicted molar refractivity (Wildman–Crippen MR) is 70.4 cm³/mol. The first kappa shape index (κ1) is 13.5. The number of primary amides is 1. The number of amides is 1. The quantitative estimate of drug-likeness (QED) is 0.634.